The van der Waals surface area contributed by atoms with Crippen molar-refractivity contribution in [2.45, 2.75) is 19.3 Å². The van der Waals surface area contributed by atoms with Crippen molar-refractivity contribution in [3.8, 4) is 24.3 Å². The average molecular weight is 198 g/mol. The molecular formula is C11H10N4. The second-order valence-electron chi connectivity index (χ2n) is 3.73. The topological polar surface area (TPSA) is 95.2 Å². The second kappa shape index (κ2) is 4.99. The minimum atomic E-state index is -0.679. The molecule has 0 radical (unpaired) electrons. The minimum absolute atomic E-state index is 0.107. The van der Waals surface area contributed by atoms with Crippen LogP contribution in [0.4, 0.5) is 0 Å². The van der Waals surface area contributed by atoms with Crippen LogP contribution in [-0.4, -0.2) is 0 Å². The smallest absolute Gasteiger partial charge is 0.136 e. The van der Waals surface area contributed by atoms with E-state index in [1.54, 1.807) is 0 Å². The molecule has 1 fully saturated rings. The van der Waals surface area contributed by atoms with Crippen LogP contribution < -0.4 is 0 Å². The summed E-state index contributed by atoms with van der Waals surface area (Å²) >= 11 is 0. The van der Waals surface area contributed by atoms with Gasteiger partial charge in [0, 0.05) is 0 Å². The SMILES string of the molecule is N#CC(C#N)[C@H]1CCC[C@@H]1C(C#N)C#N. The average Bonchev–Trinajstić information content (AvgIpc) is 2.71. The van der Waals surface area contributed by atoms with E-state index in [0.29, 0.717) is 0 Å². The Balaban J connectivity index is 2.85. The standard InChI is InChI=1S/C11H10N4/c12-4-8(5-13)10-2-1-3-11(10)9(6-14)7-15/h8-11H,1-3H2/t10-,11-/m1/s1. The summed E-state index contributed by atoms with van der Waals surface area (Å²) in [5.41, 5.74) is 0. The van der Waals surface area contributed by atoms with Crippen LogP contribution >= 0.6 is 0 Å². The van der Waals surface area contributed by atoms with Gasteiger partial charge in [-0.15, -0.1) is 0 Å². The molecule has 0 spiro atoms. The van der Waals surface area contributed by atoms with Crippen molar-refractivity contribution in [2.24, 2.45) is 23.7 Å². The van der Waals surface area contributed by atoms with Gasteiger partial charge in [-0.3, -0.25) is 0 Å². The molecule has 0 aromatic rings. The lowest BCUT2D eigenvalue weighted by Gasteiger charge is -2.19. The highest BCUT2D eigenvalue weighted by molar-refractivity contribution is 5.11. The zero-order valence-corrected chi connectivity index (χ0v) is 8.22. The van der Waals surface area contributed by atoms with Gasteiger partial charge >= 0.3 is 0 Å². The number of nitrogens with zero attached hydrogens (tertiary/aromatic N) is 4. The first-order valence-corrected chi connectivity index (χ1v) is 4.87. The number of hydrogen-bond acceptors (Lipinski definition) is 4. The fourth-order valence-electron chi connectivity index (χ4n) is 2.29. The van der Waals surface area contributed by atoms with E-state index >= 15 is 0 Å². The molecule has 74 valence electrons. The van der Waals surface area contributed by atoms with Crippen molar-refractivity contribution >= 4 is 0 Å². The van der Waals surface area contributed by atoms with Crippen molar-refractivity contribution in [3.63, 3.8) is 0 Å². The Bertz CT molecular complexity index is 321. The molecule has 0 saturated heterocycles. The molecule has 0 aromatic carbocycles. The Morgan fingerprint density at radius 1 is 0.733 bits per heavy atom. The molecule has 0 unspecified atom stereocenters. The fraction of sp³-hybridized carbons (Fsp3) is 0.636. The molecule has 0 heterocycles. The predicted octanol–water partition coefficient (Wildman–Crippen LogP) is 1.73. The highest BCUT2D eigenvalue weighted by atomic mass is 14.5. The second-order valence-corrected chi connectivity index (χ2v) is 3.73. The third-order valence-corrected chi connectivity index (χ3v) is 3.04. The highest BCUT2D eigenvalue weighted by Crippen LogP contribution is 2.40. The molecule has 0 aliphatic heterocycles. The van der Waals surface area contributed by atoms with Gasteiger partial charge in [0.2, 0.25) is 0 Å². The van der Waals surface area contributed by atoms with Gasteiger partial charge in [0.25, 0.3) is 0 Å². The first kappa shape index (κ1) is 11.0. The molecule has 1 aliphatic rings. The van der Waals surface area contributed by atoms with E-state index in [9.17, 15) is 0 Å². The van der Waals surface area contributed by atoms with Gasteiger partial charge in [0.15, 0.2) is 0 Å². The van der Waals surface area contributed by atoms with E-state index in [4.69, 9.17) is 21.0 Å². The van der Waals surface area contributed by atoms with Crippen LogP contribution in [-0.2, 0) is 0 Å². The Morgan fingerprint density at radius 3 is 1.33 bits per heavy atom. The largest absolute Gasteiger partial charge is 0.197 e. The van der Waals surface area contributed by atoms with Crippen LogP contribution in [0.1, 0.15) is 19.3 Å². The van der Waals surface area contributed by atoms with Crippen LogP contribution in [0.5, 0.6) is 0 Å². The summed E-state index contributed by atoms with van der Waals surface area (Å²) in [6.07, 6.45) is 2.45. The van der Waals surface area contributed by atoms with E-state index in [2.05, 4.69) is 0 Å². The van der Waals surface area contributed by atoms with Crippen LogP contribution in [0.3, 0.4) is 0 Å². The number of rotatable bonds is 2. The quantitative estimate of drug-likeness (QED) is 0.674. The third-order valence-electron chi connectivity index (χ3n) is 3.04. The molecule has 4 nitrogen and oxygen atoms in total. The molecule has 0 aromatic heterocycles. The molecule has 0 N–H and O–H groups in total. The van der Waals surface area contributed by atoms with E-state index in [0.717, 1.165) is 19.3 Å². The monoisotopic (exact) mass is 198 g/mol. The Hall–Kier alpha value is -2.04. The molecule has 0 amide bonds. The maximum Gasteiger partial charge on any atom is 0.136 e. The third kappa shape index (κ3) is 2.07. The Labute approximate surface area is 89.0 Å². The first-order chi connectivity index (χ1) is 7.28. The molecule has 4 heteroatoms. The molecule has 1 aliphatic carbocycles. The van der Waals surface area contributed by atoms with Gasteiger partial charge in [-0.2, -0.15) is 21.0 Å². The van der Waals surface area contributed by atoms with Crippen molar-refractivity contribution in [2.75, 3.05) is 0 Å². The number of nitriles is 4. The normalized spacial score (nSPS) is 24.1. The molecule has 15 heavy (non-hydrogen) atoms. The predicted molar refractivity (Wildman–Crippen MR) is 50.3 cm³/mol. The summed E-state index contributed by atoms with van der Waals surface area (Å²) in [5.74, 6) is -1.57. The van der Waals surface area contributed by atoms with E-state index in [1.807, 2.05) is 24.3 Å². The summed E-state index contributed by atoms with van der Waals surface area (Å²) in [6, 6.07) is 7.79. The zero-order chi connectivity index (χ0) is 11.3. The van der Waals surface area contributed by atoms with Crippen molar-refractivity contribution in [1.29, 1.82) is 21.0 Å². The maximum absolute atomic E-state index is 8.79. The maximum atomic E-state index is 8.79. The minimum Gasteiger partial charge on any atom is -0.197 e. The van der Waals surface area contributed by atoms with Gasteiger partial charge in [-0.05, 0) is 24.7 Å². The summed E-state index contributed by atoms with van der Waals surface area (Å²) in [7, 11) is 0. The summed E-state index contributed by atoms with van der Waals surface area (Å²) in [4.78, 5) is 0. The molecule has 0 bridgehead atoms. The van der Waals surface area contributed by atoms with Gasteiger partial charge in [-0.1, -0.05) is 6.42 Å². The Kier molecular flexibility index (Phi) is 3.68. The molecule has 2 atom stereocenters. The van der Waals surface area contributed by atoms with Gasteiger partial charge in [-0.25, -0.2) is 0 Å². The van der Waals surface area contributed by atoms with E-state index < -0.39 is 11.8 Å². The molecule has 1 saturated carbocycles. The highest BCUT2D eigenvalue weighted by Gasteiger charge is 2.38. The fourth-order valence-corrected chi connectivity index (χ4v) is 2.29. The summed E-state index contributed by atoms with van der Waals surface area (Å²) < 4.78 is 0. The zero-order valence-electron chi connectivity index (χ0n) is 8.22. The summed E-state index contributed by atoms with van der Waals surface area (Å²) in [5, 5.41) is 35.2. The lowest BCUT2D eigenvalue weighted by Crippen LogP contribution is -2.22. The lowest BCUT2D eigenvalue weighted by molar-refractivity contribution is 0.318. The van der Waals surface area contributed by atoms with Gasteiger partial charge < -0.3 is 0 Å². The van der Waals surface area contributed by atoms with Crippen LogP contribution in [0.2, 0.25) is 0 Å². The molecule has 1 rings (SSSR count). The molecular weight excluding hydrogens is 188 g/mol. The van der Waals surface area contributed by atoms with Crippen molar-refractivity contribution in [3.05, 3.63) is 0 Å². The Morgan fingerprint density at radius 2 is 1.07 bits per heavy atom. The summed E-state index contributed by atoms with van der Waals surface area (Å²) in [6.45, 7) is 0. The van der Waals surface area contributed by atoms with E-state index in [1.165, 1.54) is 0 Å². The van der Waals surface area contributed by atoms with Crippen LogP contribution in [0, 0.1) is 69.0 Å². The number of hydrogen-bond donors (Lipinski definition) is 0. The first-order valence-electron chi connectivity index (χ1n) is 4.87. The van der Waals surface area contributed by atoms with Crippen molar-refractivity contribution in [1.82, 2.24) is 0 Å². The van der Waals surface area contributed by atoms with Gasteiger partial charge in [0.1, 0.15) is 11.8 Å². The van der Waals surface area contributed by atoms with Crippen LogP contribution in [0.15, 0.2) is 0 Å². The van der Waals surface area contributed by atoms with Crippen molar-refractivity contribution < 1.29 is 0 Å². The van der Waals surface area contributed by atoms with Crippen LogP contribution in [0.25, 0.3) is 0 Å². The van der Waals surface area contributed by atoms with E-state index in [-0.39, 0.29) is 11.8 Å². The lowest BCUT2D eigenvalue weighted by atomic mass is 9.79. The van der Waals surface area contributed by atoms with Gasteiger partial charge in [0.05, 0.1) is 24.3 Å².